The van der Waals surface area contributed by atoms with Crippen molar-refractivity contribution < 1.29 is 9.21 Å². The highest BCUT2D eigenvalue weighted by molar-refractivity contribution is 7.99. The van der Waals surface area contributed by atoms with E-state index in [0.717, 1.165) is 22.2 Å². The van der Waals surface area contributed by atoms with E-state index in [2.05, 4.69) is 17.4 Å². The van der Waals surface area contributed by atoms with Crippen LogP contribution in [0.2, 0.25) is 0 Å². The average molecular weight is 343 g/mol. The molecule has 0 radical (unpaired) electrons. The fourth-order valence-corrected chi connectivity index (χ4v) is 3.64. The zero-order valence-corrected chi connectivity index (χ0v) is 14.2. The number of amides is 1. The minimum absolute atomic E-state index is 0.0440. The molecular formula is C18H17NO2S2. The summed E-state index contributed by atoms with van der Waals surface area (Å²) in [4.78, 5) is 14.2. The van der Waals surface area contributed by atoms with Gasteiger partial charge in [0.2, 0.25) is 5.91 Å². The first kappa shape index (κ1) is 15.9. The molecule has 0 bridgehead atoms. The predicted octanol–water partition coefficient (Wildman–Crippen LogP) is 4.81. The van der Waals surface area contributed by atoms with E-state index in [0.29, 0.717) is 13.0 Å². The van der Waals surface area contributed by atoms with Crippen molar-refractivity contribution in [2.24, 2.45) is 0 Å². The zero-order valence-electron chi connectivity index (χ0n) is 12.5. The number of carbonyl (C=O) groups is 1. The van der Waals surface area contributed by atoms with E-state index in [9.17, 15) is 4.79 Å². The topological polar surface area (TPSA) is 42.2 Å². The third kappa shape index (κ3) is 4.74. The zero-order chi connectivity index (χ0) is 15.9. The minimum atomic E-state index is 0.0440. The Morgan fingerprint density at radius 1 is 1.09 bits per heavy atom. The number of hydrogen-bond acceptors (Lipinski definition) is 4. The Bertz CT molecular complexity index is 735. The molecule has 0 spiro atoms. The first-order valence-corrected chi connectivity index (χ1v) is 9.25. The Kier molecular flexibility index (Phi) is 5.56. The van der Waals surface area contributed by atoms with Gasteiger partial charge in [-0.2, -0.15) is 0 Å². The summed E-state index contributed by atoms with van der Waals surface area (Å²) < 4.78 is 5.74. The number of thiophene rings is 1. The standard InChI is InChI=1S/C18H17NO2S2/c20-18(10-12-22-15-5-2-1-3-6-15)19-13-14-8-9-16(21-14)17-7-4-11-23-17/h1-9,11H,10,12-13H2,(H,19,20). The summed E-state index contributed by atoms with van der Waals surface area (Å²) in [5.41, 5.74) is 0. The number of hydrogen-bond donors (Lipinski definition) is 1. The molecule has 5 heteroatoms. The summed E-state index contributed by atoms with van der Waals surface area (Å²) >= 11 is 3.33. The second kappa shape index (κ2) is 8.04. The van der Waals surface area contributed by atoms with Crippen molar-refractivity contribution >= 4 is 29.0 Å². The third-order valence-electron chi connectivity index (χ3n) is 3.23. The highest BCUT2D eigenvalue weighted by atomic mass is 32.2. The van der Waals surface area contributed by atoms with Gasteiger partial charge in [0.05, 0.1) is 11.4 Å². The summed E-state index contributed by atoms with van der Waals surface area (Å²) in [6.45, 7) is 0.431. The minimum Gasteiger partial charge on any atom is -0.458 e. The van der Waals surface area contributed by atoms with Crippen LogP contribution in [-0.2, 0) is 11.3 Å². The number of thioether (sulfide) groups is 1. The molecule has 0 unspecified atom stereocenters. The maximum absolute atomic E-state index is 11.9. The smallest absolute Gasteiger partial charge is 0.221 e. The maximum Gasteiger partial charge on any atom is 0.221 e. The third-order valence-corrected chi connectivity index (χ3v) is 5.12. The van der Waals surface area contributed by atoms with E-state index in [1.807, 2.05) is 47.8 Å². The number of rotatable bonds is 7. The van der Waals surface area contributed by atoms with Gasteiger partial charge in [0, 0.05) is 17.1 Å². The molecule has 3 nitrogen and oxygen atoms in total. The Morgan fingerprint density at radius 3 is 2.74 bits per heavy atom. The van der Waals surface area contributed by atoms with Gasteiger partial charge in [-0.15, -0.1) is 23.1 Å². The summed E-state index contributed by atoms with van der Waals surface area (Å²) in [6, 6.07) is 18.0. The van der Waals surface area contributed by atoms with Crippen molar-refractivity contribution in [3.63, 3.8) is 0 Å². The SMILES string of the molecule is O=C(CCSc1ccccc1)NCc1ccc(-c2cccs2)o1. The summed E-state index contributed by atoms with van der Waals surface area (Å²) in [5, 5.41) is 4.92. The first-order chi connectivity index (χ1) is 11.3. The van der Waals surface area contributed by atoms with E-state index in [1.54, 1.807) is 23.1 Å². The summed E-state index contributed by atoms with van der Waals surface area (Å²) in [5.74, 6) is 2.44. The lowest BCUT2D eigenvalue weighted by molar-refractivity contribution is -0.120. The van der Waals surface area contributed by atoms with Crippen LogP contribution in [-0.4, -0.2) is 11.7 Å². The van der Waals surface area contributed by atoms with Crippen LogP contribution in [0.3, 0.4) is 0 Å². The fraction of sp³-hybridized carbons (Fsp3) is 0.167. The molecule has 118 valence electrons. The van der Waals surface area contributed by atoms with Gasteiger partial charge >= 0.3 is 0 Å². The maximum atomic E-state index is 11.9. The molecule has 0 aliphatic carbocycles. The number of benzene rings is 1. The van der Waals surface area contributed by atoms with Gasteiger partial charge in [0.1, 0.15) is 11.5 Å². The van der Waals surface area contributed by atoms with Crippen LogP contribution in [0.4, 0.5) is 0 Å². The lowest BCUT2D eigenvalue weighted by Gasteiger charge is -2.03. The van der Waals surface area contributed by atoms with Gasteiger partial charge in [-0.3, -0.25) is 4.79 Å². The second-order valence-electron chi connectivity index (χ2n) is 4.93. The van der Waals surface area contributed by atoms with Crippen LogP contribution in [0.25, 0.3) is 10.6 Å². The van der Waals surface area contributed by atoms with E-state index < -0.39 is 0 Å². The Hall–Kier alpha value is -1.98. The molecule has 2 heterocycles. The molecule has 1 amide bonds. The van der Waals surface area contributed by atoms with Crippen LogP contribution < -0.4 is 5.32 Å². The van der Waals surface area contributed by atoms with Crippen molar-refractivity contribution in [3.05, 3.63) is 65.7 Å². The Labute approximate surface area is 143 Å². The lowest BCUT2D eigenvalue weighted by Crippen LogP contribution is -2.22. The van der Waals surface area contributed by atoms with E-state index in [4.69, 9.17) is 4.42 Å². The number of nitrogens with one attached hydrogen (secondary N) is 1. The molecule has 0 saturated heterocycles. The second-order valence-corrected chi connectivity index (χ2v) is 7.05. The predicted molar refractivity (Wildman–Crippen MR) is 95.7 cm³/mol. The van der Waals surface area contributed by atoms with Crippen molar-refractivity contribution in [3.8, 4) is 10.6 Å². The van der Waals surface area contributed by atoms with Crippen LogP contribution in [0.1, 0.15) is 12.2 Å². The van der Waals surface area contributed by atoms with Crippen LogP contribution in [0.5, 0.6) is 0 Å². The van der Waals surface area contributed by atoms with Crippen molar-refractivity contribution in [2.75, 3.05) is 5.75 Å². The molecule has 0 atom stereocenters. The van der Waals surface area contributed by atoms with E-state index >= 15 is 0 Å². The normalized spacial score (nSPS) is 10.6. The molecule has 0 fully saturated rings. The van der Waals surface area contributed by atoms with E-state index in [-0.39, 0.29) is 5.91 Å². The number of furan rings is 1. The van der Waals surface area contributed by atoms with Gasteiger partial charge in [-0.1, -0.05) is 24.3 Å². The van der Waals surface area contributed by atoms with Gasteiger partial charge < -0.3 is 9.73 Å². The Balaban J connectivity index is 1.41. The molecule has 1 aromatic carbocycles. The molecule has 2 aromatic heterocycles. The summed E-state index contributed by atoms with van der Waals surface area (Å²) in [6.07, 6.45) is 0.498. The number of carbonyl (C=O) groups excluding carboxylic acids is 1. The van der Waals surface area contributed by atoms with Gasteiger partial charge in [-0.05, 0) is 35.7 Å². The lowest BCUT2D eigenvalue weighted by atomic mass is 10.3. The van der Waals surface area contributed by atoms with Gasteiger partial charge in [-0.25, -0.2) is 0 Å². The monoisotopic (exact) mass is 343 g/mol. The highest BCUT2D eigenvalue weighted by Crippen LogP contribution is 2.26. The molecule has 0 aliphatic rings. The van der Waals surface area contributed by atoms with Crippen LogP contribution in [0.15, 0.2) is 69.3 Å². The van der Waals surface area contributed by atoms with E-state index in [1.165, 1.54) is 4.90 Å². The van der Waals surface area contributed by atoms with Crippen molar-refractivity contribution in [1.29, 1.82) is 0 Å². The Morgan fingerprint density at radius 2 is 1.96 bits per heavy atom. The molecule has 3 rings (SSSR count). The van der Waals surface area contributed by atoms with Crippen LogP contribution >= 0.6 is 23.1 Å². The largest absolute Gasteiger partial charge is 0.458 e. The first-order valence-electron chi connectivity index (χ1n) is 7.38. The van der Waals surface area contributed by atoms with Crippen molar-refractivity contribution in [2.45, 2.75) is 17.9 Å². The molecule has 0 aliphatic heterocycles. The molecule has 1 N–H and O–H groups in total. The van der Waals surface area contributed by atoms with Gasteiger partial charge in [0.15, 0.2) is 0 Å². The van der Waals surface area contributed by atoms with Gasteiger partial charge in [0.25, 0.3) is 0 Å². The molecule has 3 aromatic rings. The summed E-state index contributed by atoms with van der Waals surface area (Å²) in [7, 11) is 0. The van der Waals surface area contributed by atoms with Crippen molar-refractivity contribution in [1.82, 2.24) is 5.32 Å². The molecular weight excluding hydrogens is 326 g/mol. The highest BCUT2D eigenvalue weighted by Gasteiger charge is 2.07. The quantitative estimate of drug-likeness (QED) is 0.626. The average Bonchev–Trinajstić information content (AvgIpc) is 3.25. The molecule has 23 heavy (non-hydrogen) atoms. The molecule has 0 saturated carbocycles. The van der Waals surface area contributed by atoms with Crippen LogP contribution in [0, 0.1) is 0 Å². The fourth-order valence-electron chi connectivity index (χ4n) is 2.08.